The van der Waals surface area contributed by atoms with Crippen molar-refractivity contribution in [2.45, 2.75) is 25.2 Å². The van der Waals surface area contributed by atoms with Crippen molar-refractivity contribution >= 4 is 69.7 Å². The minimum atomic E-state index is 0.414. The first kappa shape index (κ1) is 31.8. The Hall–Kier alpha value is -6.48. The van der Waals surface area contributed by atoms with Crippen LogP contribution in [0, 0.1) is 0 Å². The van der Waals surface area contributed by atoms with Crippen LogP contribution in [0.3, 0.4) is 0 Å². The normalized spacial score (nSPS) is 15.3. The van der Waals surface area contributed by atoms with Crippen molar-refractivity contribution in [3.8, 4) is 27.9 Å². The number of hydrogen-bond acceptors (Lipinski definition) is 1. The molecule has 0 amide bonds. The largest absolute Gasteiger partial charge is 0.309 e. The van der Waals surface area contributed by atoms with Gasteiger partial charge >= 0.3 is 0 Å². The van der Waals surface area contributed by atoms with Crippen LogP contribution in [0.4, 0.5) is 0 Å². The van der Waals surface area contributed by atoms with Gasteiger partial charge in [-0.2, -0.15) is 0 Å². The Morgan fingerprint density at radius 2 is 1.27 bits per heavy atom. The molecule has 2 heteroatoms. The molecule has 0 bridgehead atoms. The fourth-order valence-corrected chi connectivity index (χ4v) is 11.0. The average Bonchev–Trinajstić information content (AvgIpc) is 3.81. The third kappa shape index (κ3) is 4.92. The fourth-order valence-electron chi connectivity index (χ4n) is 9.77. The van der Waals surface area contributed by atoms with Crippen LogP contribution in [0.15, 0.2) is 188 Å². The lowest BCUT2D eigenvalue weighted by Crippen LogP contribution is -2.16. The SMILES string of the molecule is C1=CC2=C(CC1)c1cc(-c3ccc4c(c3)c3ccccc3n4-c3cc(-c4ccc5ccccc5c4)c4sc5ccccc5c4c3)ccc1CC2c1ccccc1. The van der Waals surface area contributed by atoms with E-state index in [1.807, 2.05) is 11.3 Å². The number of fused-ring (bicyclic) bond motifs is 9. The van der Waals surface area contributed by atoms with Gasteiger partial charge in [0, 0.05) is 48.1 Å². The zero-order valence-electron chi connectivity index (χ0n) is 30.9. The summed E-state index contributed by atoms with van der Waals surface area (Å²) in [5, 5.41) is 7.71. The minimum Gasteiger partial charge on any atom is -0.309 e. The summed E-state index contributed by atoms with van der Waals surface area (Å²) in [7, 11) is 0. The Kier molecular flexibility index (Phi) is 7.12. The van der Waals surface area contributed by atoms with Crippen LogP contribution in [0.5, 0.6) is 0 Å². The van der Waals surface area contributed by atoms with E-state index in [4.69, 9.17) is 0 Å². The molecule has 10 aromatic rings. The first-order valence-corrected chi connectivity index (χ1v) is 20.6. The van der Waals surface area contributed by atoms with E-state index >= 15 is 0 Å². The topological polar surface area (TPSA) is 4.93 Å². The number of rotatable bonds is 4. The molecule has 56 heavy (non-hydrogen) atoms. The molecule has 1 nitrogen and oxygen atoms in total. The van der Waals surface area contributed by atoms with E-state index in [0.29, 0.717) is 5.92 Å². The van der Waals surface area contributed by atoms with Gasteiger partial charge in [0.1, 0.15) is 0 Å². The van der Waals surface area contributed by atoms with Gasteiger partial charge in [-0.1, -0.05) is 133 Å². The van der Waals surface area contributed by atoms with Crippen LogP contribution < -0.4 is 0 Å². The molecule has 0 aliphatic heterocycles. The summed E-state index contributed by atoms with van der Waals surface area (Å²) in [6, 6.07) is 63.7. The number of para-hydroxylation sites is 1. The Labute approximate surface area is 330 Å². The number of nitrogens with zero attached hydrogens (tertiary/aromatic N) is 1. The number of allylic oxidation sites excluding steroid dienone is 4. The molecular formula is C54H37NS. The van der Waals surface area contributed by atoms with Crippen molar-refractivity contribution in [2.24, 2.45) is 0 Å². The molecule has 2 heterocycles. The highest BCUT2D eigenvalue weighted by Crippen LogP contribution is 2.47. The van der Waals surface area contributed by atoms with Crippen LogP contribution in [0.2, 0.25) is 0 Å². The highest BCUT2D eigenvalue weighted by molar-refractivity contribution is 7.26. The molecule has 0 spiro atoms. The predicted octanol–water partition coefficient (Wildman–Crippen LogP) is 15.1. The maximum atomic E-state index is 2.49. The third-order valence-corrected chi connectivity index (χ3v) is 13.7. The molecule has 0 fully saturated rings. The summed E-state index contributed by atoms with van der Waals surface area (Å²) >= 11 is 1.90. The molecular weight excluding hydrogens is 695 g/mol. The molecule has 8 aromatic carbocycles. The number of aromatic nitrogens is 1. The van der Waals surface area contributed by atoms with E-state index in [2.05, 4.69) is 187 Å². The van der Waals surface area contributed by atoms with Crippen molar-refractivity contribution in [2.75, 3.05) is 0 Å². The van der Waals surface area contributed by atoms with E-state index in [9.17, 15) is 0 Å². The van der Waals surface area contributed by atoms with Gasteiger partial charge in [-0.3, -0.25) is 0 Å². The van der Waals surface area contributed by atoms with Crippen molar-refractivity contribution in [1.29, 1.82) is 0 Å². The molecule has 0 radical (unpaired) electrons. The lowest BCUT2D eigenvalue weighted by atomic mass is 9.72. The Morgan fingerprint density at radius 3 is 2.20 bits per heavy atom. The van der Waals surface area contributed by atoms with E-state index < -0.39 is 0 Å². The predicted molar refractivity (Wildman–Crippen MR) is 240 cm³/mol. The maximum absolute atomic E-state index is 2.49. The molecule has 0 N–H and O–H groups in total. The summed E-state index contributed by atoms with van der Waals surface area (Å²) < 4.78 is 5.15. The van der Waals surface area contributed by atoms with Gasteiger partial charge in [0.15, 0.2) is 0 Å². The van der Waals surface area contributed by atoms with Gasteiger partial charge in [0.05, 0.1) is 11.0 Å². The first-order valence-electron chi connectivity index (χ1n) is 19.8. The lowest BCUT2D eigenvalue weighted by molar-refractivity contribution is 0.773. The summed E-state index contributed by atoms with van der Waals surface area (Å²) in [5.74, 6) is 0.414. The summed E-state index contributed by atoms with van der Waals surface area (Å²) in [4.78, 5) is 0. The molecule has 2 aliphatic rings. The van der Waals surface area contributed by atoms with Crippen LogP contribution in [-0.4, -0.2) is 4.57 Å². The summed E-state index contributed by atoms with van der Waals surface area (Å²) in [6.07, 6.45) is 8.03. The molecule has 0 saturated heterocycles. The van der Waals surface area contributed by atoms with Gasteiger partial charge in [-0.15, -0.1) is 11.3 Å². The van der Waals surface area contributed by atoms with Crippen LogP contribution in [0.25, 0.3) is 86.3 Å². The smallest absolute Gasteiger partial charge is 0.0541 e. The monoisotopic (exact) mass is 731 g/mol. The van der Waals surface area contributed by atoms with E-state index in [0.717, 1.165) is 19.3 Å². The second-order valence-corrected chi connectivity index (χ2v) is 16.6. The van der Waals surface area contributed by atoms with Gasteiger partial charge in [0.25, 0.3) is 0 Å². The van der Waals surface area contributed by atoms with Crippen molar-refractivity contribution in [3.63, 3.8) is 0 Å². The molecule has 12 rings (SSSR count). The van der Waals surface area contributed by atoms with E-state index in [1.165, 1.54) is 109 Å². The van der Waals surface area contributed by atoms with Crippen LogP contribution in [0.1, 0.15) is 35.4 Å². The fraction of sp³-hybridized carbons (Fsp3) is 0.0741. The van der Waals surface area contributed by atoms with Gasteiger partial charge in [0.2, 0.25) is 0 Å². The highest BCUT2D eigenvalue weighted by atomic mass is 32.1. The van der Waals surface area contributed by atoms with Crippen molar-refractivity contribution in [1.82, 2.24) is 4.57 Å². The Bertz CT molecular complexity index is 3280. The lowest BCUT2D eigenvalue weighted by Gasteiger charge is -2.32. The quantitative estimate of drug-likeness (QED) is 0.170. The minimum absolute atomic E-state index is 0.414. The van der Waals surface area contributed by atoms with Crippen molar-refractivity contribution < 1.29 is 0 Å². The maximum Gasteiger partial charge on any atom is 0.0541 e. The second-order valence-electron chi connectivity index (χ2n) is 15.5. The average molecular weight is 732 g/mol. The third-order valence-electron chi connectivity index (χ3n) is 12.4. The van der Waals surface area contributed by atoms with Gasteiger partial charge in [-0.25, -0.2) is 0 Å². The van der Waals surface area contributed by atoms with Crippen LogP contribution in [-0.2, 0) is 6.42 Å². The van der Waals surface area contributed by atoms with E-state index in [-0.39, 0.29) is 0 Å². The van der Waals surface area contributed by atoms with Gasteiger partial charge in [-0.05, 0) is 123 Å². The molecule has 1 atom stereocenters. The zero-order chi connectivity index (χ0) is 36.7. The molecule has 2 aromatic heterocycles. The summed E-state index contributed by atoms with van der Waals surface area (Å²) in [6.45, 7) is 0. The molecule has 264 valence electrons. The zero-order valence-corrected chi connectivity index (χ0v) is 31.7. The Balaban J connectivity index is 1.03. The van der Waals surface area contributed by atoms with Gasteiger partial charge < -0.3 is 4.57 Å². The van der Waals surface area contributed by atoms with E-state index in [1.54, 1.807) is 0 Å². The standard InChI is InChI=1S/C54H37NS/c1-2-13-35(14-3-1)46-31-40-25-23-37(29-47(40)43-17-7-6-16-42(43)46)38-26-27-52-49(30-38)44-18-8-10-20-51(44)55(52)41-32-48(39-24-22-34-12-4-5-15-36(34)28-39)54-50(33-41)45-19-9-11-21-53(45)56-54/h1-6,8-16,18-30,32-33,46H,7,17,31H2. The number of hydrogen-bond donors (Lipinski definition) is 0. The first-order chi connectivity index (χ1) is 27.7. The van der Waals surface area contributed by atoms with Crippen LogP contribution >= 0.6 is 11.3 Å². The number of thiophene rings is 1. The highest BCUT2D eigenvalue weighted by Gasteiger charge is 2.28. The van der Waals surface area contributed by atoms with Crippen molar-refractivity contribution in [3.05, 3.63) is 204 Å². The molecule has 0 saturated carbocycles. The Morgan fingerprint density at radius 1 is 0.518 bits per heavy atom. The molecule has 2 aliphatic carbocycles. The second kappa shape index (κ2) is 12.5. The summed E-state index contributed by atoms with van der Waals surface area (Å²) in [5.41, 5.74) is 16.1. The number of benzene rings is 8. The molecule has 1 unspecified atom stereocenters.